The number of carbonyl (C=O) groups is 1. The van der Waals surface area contributed by atoms with Gasteiger partial charge in [-0.15, -0.1) is 0 Å². The first-order chi connectivity index (χ1) is 10.2. The monoisotopic (exact) mass is 283 g/mol. The summed E-state index contributed by atoms with van der Waals surface area (Å²) in [6.45, 7) is 2.99. The van der Waals surface area contributed by atoms with E-state index < -0.39 is 0 Å². The molecule has 1 aliphatic rings. The zero-order chi connectivity index (χ0) is 14.8. The van der Waals surface area contributed by atoms with Crippen molar-refractivity contribution in [2.24, 2.45) is 0 Å². The number of nitrogens with zero attached hydrogens (tertiary/aromatic N) is 2. The summed E-state index contributed by atoms with van der Waals surface area (Å²) in [5, 5.41) is 3.98. The molecule has 1 fully saturated rings. The molecule has 1 unspecified atom stereocenters. The molecule has 2 aromatic rings. The molecule has 1 N–H and O–H groups in total. The molecule has 1 aliphatic heterocycles. The molecule has 1 aromatic heterocycles. The summed E-state index contributed by atoms with van der Waals surface area (Å²) in [6.07, 6.45) is 3.40. The maximum Gasteiger partial charge on any atom is 0.254 e. The Kier molecular flexibility index (Phi) is 3.78. The van der Waals surface area contributed by atoms with E-state index in [9.17, 15) is 4.79 Å². The van der Waals surface area contributed by atoms with Gasteiger partial charge in [0.25, 0.3) is 5.91 Å². The van der Waals surface area contributed by atoms with Gasteiger partial charge in [0.1, 0.15) is 5.82 Å². The van der Waals surface area contributed by atoms with E-state index in [0.29, 0.717) is 6.04 Å². The fraction of sp³-hybridized carbons (Fsp3) is 0.412. The Bertz CT molecular complexity index is 668. The summed E-state index contributed by atoms with van der Waals surface area (Å²) >= 11 is 0. The maximum absolute atomic E-state index is 13.0. The second kappa shape index (κ2) is 5.72. The maximum atomic E-state index is 13.0. The molecule has 0 spiro atoms. The summed E-state index contributed by atoms with van der Waals surface area (Å²) < 4.78 is 0. The number of fused-ring (bicyclic) bond motifs is 1. The van der Waals surface area contributed by atoms with Gasteiger partial charge >= 0.3 is 0 Å². The predicted molar refractivity (Wildman–Crippen MR) is 85.6 cm³/mol. The van der Waals surface area contributed by atoms with Crippen LogP contribution in [0.4, 0.5) is 5.82 Å². The smallest absolute Gasteiger partial charge is 0.254 e. The third-order valence-electron chi connectivity index (χ3n) is 4.27. The molecule has 21 heavy (non-hydrogen) atoms. The van der Waals surface area contributed by atoms with E-state index in [4.69, 9.17) is 0 Å². The molecular formula is C17H21N3O. The first-order valence-corrected chi connectivity index (χ1v) is 7.59. The number of pyridine rings is 1. The Morgan fingerprint density at radius 2 is 2.14 bits per heavy atom. The Morgan fingerprint density at radius 3 is 2.90 bits per heavy atom. The number of piperidine rings is 1. The predicted octanol–water partition coefficient (Wildman–Crippen LogP) is 3.29. The van der Waals surface area contributed by atoms with Gasteiger partial charge in [-0.3, -0.25) is 4.79 Å². The van der Waals surface area contributed by atoms with Crippen LogP contribution in [0.25, 0.3) is 10.9 Å². The molecule has 0 saturated carbocycles. The number of carbonyl (C=O) groups excluding carboxylic acids is 1. The summed E-state index contributed by atoms with van der Waals surface area (Å²) in [5.74, 6) is 0.860. The first kappa shape index (κ1) is 13.9. The fourth-order valence-electron chi connectivity index (χ4n) is 3.03. The lowest BCUT2D eigenvalue weighted by atomic mass is 10.0. The SMILES string of the molecule is CNc1cc(C(=O)N2CCCCC2C)c2ccccc2n1. The van der Waals surface area contributed by atoms with Crippen LogP contribution in [0.3, 0.4) is 0 Å². The van der Waals surface area contributed by atoms with E-state index in [0.717, 1.165) is 41.7 Å². The van der Waals surface area contributed by atoms with Crippen molar-refractivity contribution in [1.29, 1.82) is 0 Å². The topological polar surface area (TPSA) is 45.2 Å². The molecule has 0 bridgehead atoms. The van der Waals surface area contributed by atoms with Gasteiger partial charge in [0.15, 0.2) is 0 Å². The number of benzene rings is 1. The van der Waals surface area contributed by atoms with Gasteiger partial charge in [-0.2, -0.15) is 0 Å². The van der Waals surface area contributed by atoms with Crippen LogP contribution in [0, 0.1) is 0 Å². The van der Waals surface area contributed by atoms with Crippen LogP contribution >= 0.6 is 0 Å². The minimum Gasteiger partial charge on any atom is -0.373 e. The average molecular weight is 283 g/mol. The lowest BCUT2D eigenvalue weighted by Gasteiger charge is -2.33. The summed E-state index contributed by atoms with van der Waals surface area (Å²) in [5.41, 5.74) is 1.61. The van der Waals surface area contributed by atoms with Crippen molar-refractivity contribution < 1.29 is 4.79 Å². The Hall–Kier alpha value is -2.10. The molecule has 110 valence electrons. The van der Waals surface area contributed by atoms with Gasteiger partial charge < -0.3 is 10.2 Å². The normalized spacial score (nSPS) is 18.8. The molecule has 0 aliphatic carbocycles. The Labute approximate surface area is 125 Å². The minimum atomic E-state index is 0.123. The van der Waals surface area contributed by atoms with Crippen LogP contribution in [-0.4, -0.2) is 35.4 Å². The Morgan fingerprint density at radius 1 is 1.33 bits per heavy atom. The molecule has 4 nitrogen and oxygen atoms in total. The number of anilines is 1. The van der Waals surface area contributed by atoms with Crippen molar-refractivity contribution in [1.82, 2.24) is 9.88 Å². The lowest BCUT2D eigenvalue weighted by Crippen LogP contribution is -2.42. The molecule has 1 aromatic carbocycles. The van der Waals surface area contributed by atoms with Crippen molar-refractivity contribution in [3.63, 3.8) is 0 Å². The average Bonchev–Trinajstić information content (AvgIpc) is 2.53. The van der Waals surface area contributed by atoms with E-state index in [1.54, 1.807) is 0 Å². The third-order valence-corrected chi connectivity index (χ3v) is 4.27. The largest absolute Gasteiger partial charge is 0.373 e. The highest BCUT2D eigenvalue weighted by atomic mass is 16.2. The van der Waals surface area contributed by atoms with E-state index in [1.165, 1.54) is 6.42 Å². The van der Waals surface area contributed by atoms with E-state index >= 15 is 0 Å². The van der Waals surface area contributed by atoms with Crippen LogP contribution < -0.4 is 5.32 Å². The van der Waals surface area contributed by atoms with Gasteiger partial charge in [-0.1, -0.05) is 18.2 Å². The van der Waals surface area contributed by atoms with Crippen molar-refractivity contribution in [3.05, 3.63) is 35.9 Å². The second-order valence-corrected chi connectivity index (χ2v) is 5.67. The number of rotatable bonds is 2. The van der Waals surface area contributed by atoms with E-state index in [1.807, 2.05) is 42.3 Å². The zero-order valence-electron chi connectivity index (χ0n) is 12.6. The molecule has 3 rings (SSSR count). The summed E-state index contributed by atoms with van der Waals surface area (Å²) in [7, 11) is 1.83. The van der Waals surface area contributed by atoms with Crippen molar-refractivity contribution in [3.8, 4) is 0 Å². The zero-order valence-corrected chi connectivity index (χ0v) is 12.6. The third kappa shape index (κ3) is 2.58. The van der Waals surface area contributed by atoms with Crippen LogP contribution in [-0.2, 0) is 0 Å². The molecule has 1 saturated heterocycles. The minimum absolute atomic E-state index is 0.123. The van der Waals surface area contributed by atoms with Crippen LogP contribution in [0.1, 0.15) is 36.5 Å². The number of hydrogen-bond acceptors (Lipinski definition) is 3. The number of amides is 1. The quantitative estimate of drug-likeness (QED) is 0.920. The standard InChI is InChI=1S/C17H21N3O/c1-12-7-5-6-10-20(12)17(21)14-11-16(18-2)19-15-9-4-3-8-13(14)15/h3-4,8-9,11-12H,5-7,10H2,1-2H3,(H,18,19). The molecule has 1 amide bonds. The lowest BCUT2D eigenvalue weighted by molar-refractivity contribution is 0.0637. The van der Waals surface area contributed by atoms with E-state index in [-0.39, 0.29) is 5.91 Å². The number of likely N-dealkylation sites (tertiary alicyclic amines) is 1. The number of para-hydroxylation sites is 1. The molecule has 1 atom stereocenters. The highest BCUT2D eigenvalue weighted by Gasteiger charge is 2.25. The second-order valence-electron chi connectivity index (χ2n) is 5.67. The molecular weight excluding hydrogens is 262 g/mol. The molecule has 2 heterocycles. The van der Waals surface area contributed by atoms with Crippen LogP contribution in [0.2, 0.25) is 0 Å². The van der Waals surface area contributed by atoms with Gasteiger partial charge in [0, 0.05) is 25.0 Å². The van der Waals surface area contributed by atoms with Gasteiger partial charge in [0.2, 0.25) is 0 Å². The number of aromatic nitrogens is 1. The molecule has 0 radical (unpaired) electrons. The number of hydrogen-bond donors (Lipinski definition) is 1. The van der Waals surface area contributed by atoms with Crippen molar-refractivity contribution in [2.45, 2.75) is 32.2 Å². The Balaban J connectivity index is 2.07. The number of nitrogens with one attached hydrogen (secondary N) is 1. The van der Waals surface area contributed by atoms with Gasteiger partial charge in [-0.05, 0) is 38.3 Å². The highest BCUT2D eigenvalue weighted by molar-refractivity contribution is 6.07. The van der Waals surface area contributed by atoms with Gasteiger partial charge in [-0.25, -0.2) is 4.98 Å². The molecule has 4 heteroatoms. The highest BCUT2D eigenvalue weighted by Crippen LogP contribution is 2.25. The fourth-order valence-corrected chi connectivity index (χ4v) is 3.03. The van der Waals surface area contributed by atoms with Crippen molar-refractivity contribution in [2.75, 3.05) is 18.9 Å². The van der Waals surface area contributed by atoms with E-state index in [2.05, 4.69) is 17.2 Å². The van der Waals surface area contributed by atoms with Crippen LogP contribution in [0.5, 0.6) is 0 Å². The van der Waals surface area contributed by atoms with Crippen LogP contribution in [0.15, 0.2) is 30.3 Å². The van der Waals surface area contributed by atoms with Gasteiger partial charge in [0.05, 0.1) is 11.1 Å². The van der Waals surface area contributed by atoms with Crippen molar-refractivity contribution >= 4 is 22.6 Å². The summed E-state index contributed by atoms with van der Waals surface area (Å²) in [4.78, 5) is 19.5. The first-order valence-electron chi connectivity index (χ1n) is 7.59. The summed E-state index contributed by atoms with van der Waals surface area (Å²) in [6, 6.07) is 10.0.